The van der Waals surface area contributed by atoms with Gasteiger partial charge in [0, 0.05) is 12.1 Å². The summed E-state index contributed by atoms with van der Waals surface area (Å²) in [7, 11) is 0. The molecule has 1 heterocycles. The predicted octanol–water partition coefficient (Wildman–Crippen LogP) is 2.90. The Labute approximate surface area is 118 Å². The van der Waals surface area contributed by atoms with E-state index in [4.69, 9.17) is 4.74 Å². The second kappa shape index (κ2) is 5.88. The molecule has 0 aliphatic carbocycles. The average Bonchev–Trinajstić information content (AvgIpc) is 2.56. The molecule has 0 bridgehead atoms. The summed E-state index contributed by atoms with van der Waals surface area (Å²) in [4.78, 5) is 14.6. The van der Waals surface area contributed by atoms with Crippen LogP contribution in [0.2, 0.25) is 0 Å². The third-order valence-electron chi connectivity index (χ3n) is 3.59. The second-order valence-electron chi connectivity index (χ2n) is 4.87. The number of rotatable bonds is 2. The molecule has 0 spiro atoms. The van der Waals surface area contributed by atoms with Crippen molar-refractivity contribution in [2.24, 2.45) is 0 Å². The number of benzene rings is 2. The molecule has 1 atom stereocenters. The van der Waals surface area contributed by atoms with Crippen molar-refractivity contribution >= 4 is 5.91 Å². The van der Waals surface area contributed by atoms with Crippen LogP contribution in [-0.2, 0) is 4.74 Å². The number of hydrogen-bond acceptors (Lipinski definition) is 2. The Morgan fingerprint density at radius 1 is 1.00 bits per heavy atom. The van der Waals surface area contributed by atoms with Crippen molar-refractivity contribution in [2.45, 2.75) is 6.04 Å². The average molecular weight is 267 g/mol. The van der Waals surface area contributed by atoms with Crippen LogP contribution in [0.3, 0.4) is 0 Å². The second-order valence-corrected chi connectivity index (χ2v) is 4.87. The Morgan fingerprint density at radius 2 is 1.65 bits per heavy atom. The molecule has 2 aromatic carbocycles. The largest absolute Gasteiger partial charge is 0.377 e. The monoisotopic (exact) mass is 267 g/mol. The Balaban J connectivity index is 1.88. The fourth-order valence-corrected chi connectivity index (χ4v) is 2.54. The zero-order valence-corrected chi connectivity index (χ0v) is 11.2. The summed E-state index contributed by atoms with van der Waals surface area (Å²) in [5.74, 6) is 0.0720. The van der Waals surface area contributed by atoms with E-state index >= 15 is 0 Å². The number of carbonyl (C=O) groups is 1. The van der Waals surface area contributed by atoms with E-state index in [2.05, 4.69) is 0 Å². The van der Waals surface area contributed by atoms with Crippen LogP contribution in [0.25, 0.3) is 0 Å². The van der Waals surface area contributed by atoms with Gasteiger partial charge in [0.05, 0.1) is 19.3 Å². The van der Waals surface area contributed by atoms with E-state index in [1.807, 2.05) is 65.6 Å². The van der Waals surface area contributed by atoms with Gasteiger partial charge in [-0.1, -0.05) is 48.5 Å². The molecule has 1 fully saturated rings. The molecule has 0 radical (unpaired) electrons. The van der Waals surface area contributed by atoms with Crippen molar-refractivity contribution in [3.63, 3.8) is 0 Å². The Hall–Kier alpha value is -2.13. The number of hydrogen-bond donors (Lipinski definition) is 0. The van der Waals surface area contributed by atoms with E-state index in [9.17, 15) is 4.79 Å². The zero-order chi connectivity index (χ0) is 13.8. The summed E-state index contributed by atoms with van der Waals surface area (Å²) >= 11 is 0. The van der Waals surface area contributed by atoms with Crippen LogP contribution in [-0.4, -0.2) is 30.6 Å². The summed E-state index contributed by atoms with van der Waals surface area (Å²) in [6.07, 6.45) is 0. The molecule has 0 aromatic heterocycles. The lowest BCUT2D eigenvalue weighted by Gasteiger charge is -2.36. The van der Waals surface area contributed by atoms with Crippen LogP contribution in [0, 0.1) is 0 Å². The number of carbonyl (C=O) groups excluding carboxylic acids is 1. The molecule has 1 amide bonds. The molecule has 20 heavy (non-hydrogen) atoms. The lowest BCUT2D eigenvalue weighted by Crippen LogP contribution is -2.43. The maximum absolute atomic E-state index is 12.7. The molecule has 2 aromatic rings. The van der Waals surface area contributed by atoms with Gasteiger partial charge >= 0.3 is 0 Å². The van der Waals surface area contributed by atoms with Crippen molar-refractivity contribution in [2.75, 3.05) is 19.8 Å². The summed E-state index contributed by atoms with van der Waals surface area (Å²) < 4.78 is 5.56. The van der Waals surface area contributed by atoms with Crippen LogP contribution in [0.5, 0.6) is 0 Å². The number of amides is 1. The van der Waals surface area contributed by atoms with Gasteiger partial charge in [-0.25, -0.2) is 0 Å². The number of morpholine rings is 1. The molecule has 1 aliphatic heterocycles. The van der Waals surface area contributed by atoms with Gasteiger partial charge in [-0.2, -0.15) is 0 Å². The van der Waals surface area contributed by atoms with Crippen molar-refractivity contribution in [1.29, 1.82) is 0 Å². The highest BCUT2D eigenvalue weighted by molar-refractivity contribution is 5.94. The van der Waals surface area contributed by atoms with E-state index < -0.39 is 0 Å². The van der Waals surface area contributed by atoms with Gasteiger partial charge in [-0.3, -0.25) is 4.79 Å². The Bertz CT molecular complexity index is 568. The van der Waals surface area contributed by atoms with Gasteiger partial charge in [-0.15, -0.1) is 0 Å². The quantitative estimate of drug-likeness (QED) is 0.837. The first-order valence-corrected chi connectivity index (χ1v) is 6.85. The van der Waals surface area contributed by atoms with Crippen molar-refractivity contribution < 1.29 is 9.53 Å². The van der Waals surface area contributed by atoms with E-state index in [1.165, 1.54) is 0 Å². The van der Waals surface area contributed by atoms with Gasteiger partial charge in [0.2, 0.25) is 0 Å². The minimum atomic E-state index is -0.00217. The third-order valence-corrected chi connectivity index (χ3v) is 3.59. The topological polar surface area (TPSA) is 29.5 Å². The minimum Gasteiger partial charge on any atom is -0.377 e. The predicted molar refractivity (Wildman–Crippen MR) is 77.5 cm³/mol. The first-order chi connectivity index (χ1) is 9.86. The highest BCUT2D eigenvalue weighted by Gasteiger charge is 2.28. The fraction of sp³-hybridized carbons (Fsp3) is 0.235. The van der Waals surface area contributed by atoms with Crippen molar-refractivity contribution in [3.8, 4) is 0 Å². The van der Waals surface area contributed by atoms with E-state index in [0.717, 1.165) is 11.1 Å². The SMILES string of the molecule is O=C(c1ccccc1)N1CCOCC1c1ccccc1. The first kappa shape index (κ1) is 12.9. The highest BCUT2D eigenvalue weighted by atomic mass is 16.5. The lowest BCUT2D eigenvalue weighted by atomic mass is 10.0. The van der Waals surface area contributed by atoms with Gasteiger partial charge in [0.25, 0.3) is 5.91 Å². The Kier molecular flexibility index (Phi) is 3.79. The Morgan fingerprint density at radius 3 is 2.35 bits per heavy atom. The highest BCUT2D eigenvalue weighted by Crippen LogP contribution is 2.25. The molecule has 1 unspecified atom stereocenters. The van der Waals surface area contributed by atoms with Crippen LogP contribution in [0.15, 0.2) is 60.7 Å². The molecule has 3 heteroatoms. The van der Waals surface area contributed by atoms with E-state index in [0.29, 0.717) is 19.8 Å². The first-order valence-electron chi connectivity index (χ1n) is 6.85. The molecule has 0 N–H and O–H groups in total. The van der Waals surface area contributed by atoms with Crippen molar-refractivity contribution in [3.05, 3.63) is 71.8 Å². The maximum Gasteiger partial charge on any atom is 0.254 e. The summed E-state index contributed by atoms with van der Waals surface area (Å²) in [5.41, 5.74) is 1.85. The molecular formula is C17H17NO2. The minimum absolute atomic E-state index is 0.00217. The summed E-state index contributed by atoms with van der Waals surface area (Å²) in [6.45, 7) is 1.79. The normalized spacial score (nSPS) is 18.8. The fourth-order valence-electron chi connectivity index (χ4n) is 2.54. The third kappa shape index (κ3) is 2.58. The van der Waals surface area contributed by atoms with Gasteiger partial charge in [0.1, 0.15) is 0 Å². The maximum atomic E-state index is 12.7. The van der Waals surface area contributed by atoms with Crippen LogP contribution in [0.4, 0.5) is 0 Å². The molecule has 1 saturated heterocycles. The van der Waals surface area contributed by atoms with Crippen molar-refractivity contribution in [1.82, 2.24) is 4.90 Å². The molecule has 102 valence electrons. The van der Waals surface area contributed by atoms with Gasteiger partial charge in [0.15, 0.2) is 0 Å². The molecule has 1 aliphatic rings. The smallest absolute Gasteiger partial charge is 0.254 e. The van der Waals surface area contributed by atoms with Crippen LogP contribution >= 0.6 is 0 Å². The molecule has 3 nitrogen and oxygen atoms in total. The van der Waals surface area contributed by atoms with Crippen LogP contribution in [0.1, 0.15) is 22.0 Å². The van der Waals surface area contributed by atoms with E-state index in [-0.39, 0.29) is 11.9 Å². The standard InChI is InChI=1S/C17H17NO2/c19-17(15-9-5-2-6-10-15)18-11-12-20-13-16(18)14-7-3-1-4-8-14/h1-10,16H,11-13H2. The number of nitrogens with zero attached hydrogens (tertiary/aromatic N) is 1. The molecule has 0 saturated carbocycles. The molecular weight excluding hydrogens is 250 g/mol. The molecule has 3 rings (SSSR count). The van der Waals surface area contributed by atoms with Gasteiger partial charge in [-0.05, 0) is 17.7 Å². The zero-order valence-electron chi connectivity index (χ0n) is 11.2. The van der Waals surface area contributed by atoms with Crippen LogP contribution < -0.4 is 0 Å². The van der Waals surface area contributed by atoms with E-state index in [1.54, 1.807) is 0 Å². The summed E-state index contributed by atoms with van der Waals surface area (Å²) in [6, 6.07) is 19.5. The van der Waals surface area contributed by atoms with Gasteiger partial charge < -0.3 is 9.64 Å². The lowest BCUT2D eigenvalue weighted by molar-refractivity contribution is -0.00269. The number of ether oxygens (including phenoxy) is 1. The summed E-state index contributed by atoms with van der Waals surface area (Å²) in [5, 5.41) is 0.